The summed E-state index contributed by atoms with van der Waals surface area (Å²) < 4.78 is 0. The Labute approximate surface area is 360 Å². The van der Waals surface area contributed by atoms with Gasteiger partial charge in [-0.05, 0) is 137 Å². The molecule has 9 aromatic carbocycles. The van der Waals surface area contributed by atoms with E-state index in [1.165, 1.54) is 38.9 Å². The van der Waals surface area contributed by atoms with E-state index in [2.05, 4.69) is 266 Å². The molecule has 0 atom stereocenters. The lowest BCUT2D eigenvalue weighted by Crippen LogP contribution is -2.18. The van der Waals surface area contributed by atoms with Crippen LogP contribution in [0.25, 0.3) is 22.3 Å². The topological polar surface area (TPSA) is 9.72 Å². The molecule has 0 N–H and O–H groups in total. The van der Waals surface area contributed by atoms with Gasteiger partial charge >= 0.3 is 0 Å². The van der Waals surface area contributed by atoms with Gasteiger partial charge in [-0.3, -0.25) is 0 Å². The fourth-order valence-corrected chi connectivity index (χ4v) is 9.15. The highest BCUT2D eigenvalue weighted by Gasteiger charge is 2.37. The predicted molar refractivity (Wildman–Crippen MR) is 258 cm³/mol. The fraction of sp³-hybridized carbons (Fsp3) is 0.0690. The minimum absolute atomic E-state index is 0.169. The van der Waals surface area contributed by atoms with Crippen LogP contribution in [0.4, 0.5) is 51.2 Å². The summed E-state index contributed by atoms with van der Waals surface area (Å²) in [6, 6.07) is 83.3. The summed E-state index contributed by atoms with van der Waals surface area (Å²) in [6.07, 6.45) is 0. The second-order valence-electron chi connectivity index (χ2n) is 16.3. The molecular formula is C58H47N3. The van der Waals surface area contributed by atoms with E-state index in [4.69, 9.17) is 0 Å². The standard InChI is InChI=1S/C58H47N3/c1-42-20-19-31-55-57(42)54-37-36-50(41-56(54)58(55,2)3)61(49-34-32-44(33-35-49)43-21-9-4-10-22-43)53-39-51(59(45-23-11-5-12-24-45)46-25-13-6-14-26-46)38-52(40-53)60(47-27-15-7-16-28-47)48-29-17-8-18-30-48/h4-41H,1-3H3. The number of para-hydroxylation sites is 4. The third-order valence-corrected chi connectivity index (χ3v) is 12.1. The Hall–Kier alpha value is -7.62. The molecular weight excluding hydrogens is 739 g/mol. The van der Waals surface area contributed by atoms with Gasteiger partial charge in [-0.1, -0.05) is 153 Å². The van der Waals surface area contributed by atoms with E-state index >= 15 is 0 Å². The largest absolute Gasteiger partial charge is 0.310 e. The van der Waals surface area contributed by atoms with Gasteiger partial charge in [0.15, 0.2) is 0 Å². The maximum absolute atomic E-state index is 2.44. The van der Waals surface area contributed by atoms with E-state index in [9.17, 15) is 0 Å². The molecule has 0 amide bonds. The summed E-state index contributed by atoms with van der Waals surface area (Å²) in [5.41, 5.74) is 18.5. The number of hydrogen-bond acceptors (Lipinski definition) is 3. The van der Waals surface area contributed by atoms with Crippen LogP contribution in [-0.2, 0) is 5.41 Å². The zero-order chi connectivity index (χ0) is 41.3. The molecule has 294 valence electrons. The van der Waals surface area contributed by atoms with Crippen molar-refractivity contribution in [1.82, 2.24) is 0 Å². The van der Waals surface area contributed by atoms with Crippen LogP contribution in [0.15, 0.2) is 231 Å². The molecule has 0 aliphatic heterocycles. The summed E-state index contributed by atoms with van der Waals surface area (Å²) in [4.78, 5) is 7.17. The van der Waals surface area contributed by atoms with Crippen LogP contribution < -0.4 is 14.7 Å². The van der Waals surface area contributed by atoms with E-state index in [1.54, 1.807) is 0 Å². The third-order valence-electron chi connectivity index (χ3n) is 12.1. The number of aryl methyl sites for hydroxylation is 1. The van der Waals surface area contributed by atoms with Gasteiger partial charge in [-0.2, -0.15) is 0 Å². The van der Waals surface area contributed by atoms with Gasteiger partial charge in [-0.25, -0.2) is 0 Å². The maximum Gasteiger partial charge on any atom is 0.0503 e. The summed E-state index contributed by atoms with van der Waals surface area (Å²) >= 11 is 0. The number of rotatable bonds is 10. The Kier molecular flexibility index (Phi) is 9.78. The lowest BCUT2D eigenvalue weighted by atomic mass is 9.82. The Morgan fingerprint density at radius 1 is 0.295 bits per heavy atom. The van der Waals surface area contributed by atoms with Crippen LogP contribution in [0.5, 0.6) is 0 Å². The number of nitrogens with zero attached hydrogens (tertiary/aromatic N) is 3. The van der Waals surface area contributed by atoms with Crippen molar-refractivity contribution in [2.24, 2.45) is 0 Å². The summed E-state index contributed by atoms with van der Waals surface area (Å²) in [6.45, 7) is 6.98. The van der Waals surface area contributed by atoms with Crippen molar-refractivity contribution in [3.8, 4) is 22.3 Å². The second-order valence-corrected chi connectivity index (χ2v) is 16.3. The number of fused-ring (bicyclic) bond motifs is 3. The first-order chi connectivity index (χ1) is 29.9. The first-order valence-electron chi connectivity index (χ1n) is 21.1. The molecule has 9 aromatic rings. The zero-order valence-corrected chi connectivity index (χ0v) is 34.8. The predicted octanol–water partition coefficient (Wildman–Crippen LogP) is 16.4. The highest BCUT2D eigenvalue weighted by molar-refractivity contribution is 5.91. The molecule has 0 heterocycles. The van der Waals surface area contributed by atoms with Crippen LogP contribution in [0.1, 0.15) is 30.5 Å². The quantitative estimate of drug-likeness (QED) is 0.137. The Balaban J connectivity index is 1.24. The van der Waals surface area contributed by atoms with E-state index in [0.29, 0.717) is 0 Å². The minimum Gasteiger partial charge on any atom is -0.310 e. The first kappa shape index (κ1) is 37.6. The minimum atomic E-state index is -0.169. The number of anilines is 9. The molecule has 0 spiro atoms. The molecule has 1 aliphatic carbocycles. The lowest BCUT2D eigenvalue weighted by molar-refractivity contribution is 0.660. The van der Waals surface area contributed by atoms with E-state index < -0.39 is 0 Å². The Morgan fingerprint density at radius 3 is 1.13 bits per heavy atom. The zero-order valence-electron chi connectivity index (χ0n) is 34.8. The smallest absolute Gasteiger partial charge is 0.0503 e. The molecule has 0 saturated heterocycles. The molecule has 0 aromatic heterocycles. The van der Waals surface area contributed by atoms with Gasteiger partial charge in [0.1, 0.15) is 0 Å². The maximum atomic E-state index is 2.44. The molecule has 3 nitrogen and oxygen atoms in total. The van der Waals surface area contributed by atoms with Crippen molar-refractivity contribution in [3.63, 3.8) is 0 Å². The van der Waals surface area contributed by atoms with Crippen LogP contribution >= 0.6 is 0 Å². The van der Waals surface area contributed by atoms with Gasteiger partial charge in [0.2, 0.25) is 0 Å². The SMILES string of the molecule is Cc1cccc2c1-c1ccc(N(c3ccc(-c4ccccc4)cc3)c3cc(N(c4ccccc4)c4ccccc4)cc(N(c4ccccc4)c4ccccc4)c3)cc1C2(C)C. The third kappa shape index (κ3) is 7.04. The molecule has 0 fully saturated rings. The fourth-order valence-electron chi connectivity index (χ4n) is 9.15. The second kappa shape index (κ2) is 15.9. The summed E-state index contributed by atoms with van der Waals surface area (Å²) in [5.74, 6) is 0. The lowest BCUT2D eigenvalue weighted by Gasteiger charge is -2.33. The highest BCUT2D eigenvalue weighted by atomic mass is 15.2. The molecule has 3 heteroatoms. The van der Waals surface area contributed by atoms with Crippen molar-refractivity contribution in [2.75, 3.05) is 14.7 Å². The van der Waals surface area contributed by atoms with Crippen molar-refractivity contribution in [1.29, 1.82) is 0 Å². The van der Waals surface area contributed by atoms with E-state index in [-0.39, 0.29) is 5.41 Å². The van der Waals surface area contributed by atoms with E-state index in [1.807, 2.05) is 0 Å². The van der Waals surface area contributed by atoms with Crippen molar-refractivity contribution in [3.05, 3.63) is 247 Å². The molecule has 0 radical (unpaired) electrons. The van der Waals surface area contributed by atoms with Crippen LogP contribution in [0.2, 0.25) is 0 Å². The number of benzene rings is 9. The van der Waals surface area contributed by atoms with Gasteiger partial charge in [-0.15, -0.1) is 0 Å². The molecule has 10 rings (SSSR count). The normalized spacial score (nSPS) is 12.3. The average molecular weight is 786 g/mol. The van der Waals surface area contributed by atoms with Crippen LogP contribution in [-0.4, -0.2) is 0 Å². The molecule has 0 unspecified atom stereocenters. The molecule has 0 bridgehead atoms. The van der Waals surface area contributed by atoms with Gasteiger partial charge < -0.3 is 14.7 Å². The van der Waals surface area contributed by atoms with Gasteiger partial charge in [0, 0.05) is 39.5 Å². The Morgan fingerprint density at radius 2 is 0.672 bits per heavy atom. The van der Waals surface area contributed by atoms with Gasteiger partial charge in [0.25, 0.3) is 0 Å². The van der Waals surface area contributed by atoms with Crippen LogP contribution in [0.3, 0.4) is 0 Å². The molecule has 1 aliphatic rings. The average Bonchev–Trinajstić information content (AvgIpc) is 3.54. The summed E-state index contributed by atoms with van der Waals surface area (Å²) in [5, 5.41) is 0. The monoisotopic (exact) mass is 785 g/mol. The Bertz CT molecular complexity index is 2750. The van der Waals surface area contributed by atoms with Crippen molar-refractivity contribution >= 4 is 51.2 Å². The van der Waals surface area contributed by atoms with Crippen molar-refractivity contribution < 1.29 is 0 Å². The first-order valence-corrected chi connectivity index (χ1v) is 21.1. The highest BCUT2D eigenvalue weighted by Crippen LogP contribution is 2.53. The van der Waals surface area contributed by atoms with E-state index in [0.717, 1.165) is 51.2 Å². The van der Waals surface area contributed by atoms with Crippen molar-refractivity contribution in [2.45, 2.75) is 26.2 Å². The van der Waals surface area contributed by atoms with Gasteiger partial charge in [0.05, 0.1) is 17.1 Å². The van der Waals surface area contributed by atoms with Crippen LogP contribution in [0, 0.1) is 6.92 Å². The number of hydrogen-bond donors (Lipinski definition) is 0. The summed E-state index contributed by atoms with van der Waals surface area (Å²) in [7, 11) is 0. The molecule has 61 heavy (non-hydrogen) atoms. The molecule has 0 saturated carbocycles.